The van der Waals surface area contributed by atoms with Crippen molar-refractivity contribution in [3.8, 4) is 11.5 Å². The number of hydrogen-bond donors (Lipinski definition) is 1. The van der Waals surface area contributed by atoms with Crippen LogP contribution in [0, 0.1) is 0 Å². The van der Waals surface area contributed by atoms with Crippen LogP contribution in [-0.2, 0) is 0 Å². The van der Waals surface area contributed by atoms with Gasteiger partial charge in [-0.05, 0) is 43.5 Å². The number of benzene rings is 2. The van der Waals surface area contributed by atoms with Crippen LogP contribution in [0.25, 0.3) is 0 Å². The van der Waals surface area contributed by atoms with Crippen LogP contribution in [0.5, 0.6) is 11.5 Å². The number of carbonyl (C=O) groups is 2. The molecule has 0 aliphatic carbocycles. The second kappa shape index (κ2) is 8.07. The topological polar surface area (TPSA) is 71.1 Å². The predicted molar refractivity (Wildman–Crippen MR) is 116 cm³/mol. The first kappa shape index (κ1) is 20.3. The fourth-order valence-corrected chi connectivity index (χ4v) is 4.41. The Kier molecular flexibility index (Phi) is 5.47. The quantitative estimate of drug-likeness (QED) is 0.795. The molecule has 7 nitrogen and oxygen atoms in total. The molecule has 4 rings (SSSR count). The molecule has 1 N–H and O–H groups in total. The van der Waals surface area contributed by atoms with E-state index in [0.29, 0.717) is 33.3 Å². The first-order valence-corrected chi connectivity index (χ1v) is 10.2. The largest absolute Gasteiger partial charge is 0.495 e. The number of halogens is 1. The molecule has 158 valence electrons. The monoisotopic (exact) mass is 429 g/mol. The second-order valence-electron chi connectivity index (χ2n) is 7.46. The molecule has 0 spiro atoms. The highest BCUT2D eigenvalue weighted by atomic mass is 35.5. The number of ether oxygens (including phenoxy) is 2. The van der Waals surface area contributed by atoms with Crippen LogP contribution in [-0.4, -0.2) is 50.7 Å². The molecular weight excluding hydrogens is 406 g/mol. The van der Waals surface area contributed by atoms with Gasteiger partial charge in [0.1, 0.15) is 17.7 Å². The predicted octanol–water partition coefficient (Wildman–Crippen LogP) is 4.01. The van der Waals surface area contributed by atoms with Crippen LogP contribution in [0.15, 0.2) is 30.3 Å². The number of carbonyl (C=O) groups excluding carboxylic acids is 2. The van der Waals surface area contributed by atoms with Crippen LogP contribution in [0.3, 0.4) is 0 Å². The Morgan fingerprint density at radius 3 is 2.63 bits per heavy atom. The number of nitrogens with zero attached hydrogens (tertiary/aromatic N) is 2. The summed E-state index contributed by atoms with van der Waals surface area (Å²) in [6.07, 6.45) is 3.09. The fourth-order valence-electron chi connectivity index (χ4n) is 4.17. The van der Waals surface area contributed by atoms with Crippen LogP contribution in [0.4, 0.5) is 11.4 Å². The third-order valence-electron chi connectivity index (χ3n) is 5.77. The summed E-state index contributed by atoms with van der Waals surface area (Å²) in [4.78, 5) is 29.9. The van der Waals surface area contributed by atoms with Crippen molar-refractivity contribution in [3.05, 3.63) is 46.5 Å². The van der Waals surface area contributed by atoms with E-state index in [-0.39, 0.29) is 18.0 Å². The van der Waals surface area contributed by atoms with E-state index >= 15 is 0 Å². The number of hydrogen-bond acceptors (Lipinski definition) is 5. The van der Waals surface area contributed by atoms with E-state index in [1.165, 1.54) is 14.2 Å². The molecule has 2 aliphatic rings. The Labute approximate surface area is 180 Å². The van der Waals surface area contributed by atoms with Crippen molar-refractivity contribution < 1.29 is 19.1 Å². The van der Waals surface area contributed by atoms with E-state index in [4.69, 9.17) is 21.1 Å². The molecule has 0 unspecified atom stereocenters. The first-order chi connectivity index (χ1) is 14.4. The molecule has 2 amide bonds. The minimum Gasteiger partial charge on any atom is -0.495 e. The Morgan fingerprint density at radius 1 is 1.13 bits per heavy atom. The van der Waals surface area contributed by atoms with Gasteiger partial charge in [0, 0.05) is 25.2 Å². The van der Waals surface area contributed by atoms with Gasteiger partial charge in [-0.2, -0.15) is 0 Å². The highest BCUT2D eigenvalue weighted by Gasteiger charge is 2.37. The molecule has 0 bridgehead atoms. The van der Waals surface area contributed by atoms with Gasteiger partial charge in [-0.25, -0.2) is 0 Å². The minimum atomic E-state index is -0.316. The molecule has 0 saturated carbocycles. The third-order valence-corrected chi connectivity index (χ3v) is 6.07. The molecule has 30 heavy (non-hydrogen) atoms. The van der Waals surface area contributed by atoms with Gasteiger partial charge in [0.05, 0.1) is 36.2 Å². The third kappa shape index (κ3) is 3.43. The molecule has 0 radical (unpaired) electrons. The number of amides is 2. The zero-order chi connectivity index (χ0) is 21.4. The van der Waals surface area contributed by atoms with E-state index in [1.807, 2.05) is 11.9 Å². The van der Waals surface area contributed by atoms with Gasteiger partial charge >= 0.3 is 0 Å². The molecule has 2 aromatic carbocycles. The number of anilines is 2. The number of fused-ring (bicyclic) bond motifs is 2. The Balaban J connectivity index is 1.63. The molecule has 2 heterocycles. The number of piperidine rings is 1. The lowest BCUT2D eigenvalue weighted by molar-refractivity contribution is 0.0589. The lowest BCUT2D eigenvalue weighted by Crippen LogP contribution is -2.55. The average Bonchev–Trinajstić information content (AvgIpc) is 2.77. The van der Waals surface area contributed by atoms with Gasteiger partial charge in [-0.1, -0.05) is 11.6 Å². The van der Waals surface area contributed by atoms with E-state index < -0.39 is 0 Å². The highest BCUT2D eigenvalue weighted by Crippen LogP contribution is 2.37. The van der Waals surface area contributed by atoms with Crippen LogP contribution in [0.1, 0.15) is 40.0 Å². The van der Waals surface area contributed by atoms with Crippen molar-refractivity contribution in [3.63, 3.8) is 0 Å². The Bertz CT molecular complexity index is 1010. The summed E-state index contributed by atoms with van der Waals surface area (Å²) in [6, 6.07) is 8.38. The van der Waals surface area contributed by atoms with Gasteiger partial charge in [0.25, 0.3) is 11.8 Å². The van der Waals surface area contributed by atoms with Gasteiger partial charge < -0.3 is 24.6 Å². The van der Waals surface area contributed by atoms with E-state index in [1.54, 1.807) is 30.3 Å². The number of rotatable bonds is 4. The van der Waals surface area contributed by atoms with E-state index in [2.05, 4.69) is 10.2 Å². The SMILES string of the molecule is COc1cc(OC)c(NC(=O)c2ccc3c(c2)N(C)[C@H]2CCCCN2C3=O)cc1Cl. The molecule has 2 aliphatic heterocycles. The van der Waals surface area contributed by atoms with E-state index in [0.717, 1.165) is 31.5 Å². The summed E-state index contributed by atoms with van der Waals surface area (Å²) in [6.45, 7) is 0.771. The highest BCUT2D eigenvalue weighted by molar-refractivity contribution is 6.32. The van der Waals surface area contributed by atoms with Gasteiger partial charge in [-0.15, -0.1) is 0 Å². The van der Waals surface area contributed by atoms with Crippen LogP contribution >= 0.6 is 11.6 Å². The lowest BCUT2D eigenvalue weighted by atomic mass is 9.97. The standard InChI is InChI=1S/C22H24ClN3O4/c1-25-17-10-13(7-8-14(17)22(28)26-9-5-4-6-20(25)26)21(27)24-16-11-15(23)18(29-2)12-19(16)30-3/h7-8,10-12,20H,4-6,9H2,1-3H3,(H,24,27)/t20-/m1/s1. The summed E-state index contributed by atoms with van der Waals surface area (Å²) in [5.41, 5.74) is 2.29. The maximum atomic E-state index is 12.9. The smallest absolute Gasteiger partial charge is 0.257 e. The van der Waals surface area contributed by atoms with Gasteiger partial charge in [-0.3, -0.25) is 9.59 Å². The van der Waals surface area contributed by atoms with Crippen molar-refractivity contribution in [2.45, 2.75) is 25.4 Å². The summed E-state index contributed by atoms with van der Waals surface area (Å²) >= 11 is 6.20. The molecule has 2 aromatic rings. The zero-order valence-electron chi connectivity index (χ0n) is 17.2. The normalized spacial score (nSPS) is 17.9. The van der Waals surface area contributed by atoms with Crippen LogP contribution in [0.2, 0.25) is 5.02 Å². The summed E-state index contributed by atoms with van der Waals surface area (Å²) in [5, 5.41) is 3.20. The maximum Gasteiger partial charge on any atom is 0.257 e. The Hall–Kier alpha value is -2.93. The van der Waals surface area contributed by atoms with Gasteiger partial charge in [0.2, 0.25) is 0 Å². The molecule has 1 fully saturated rings. The molecule has 1 atom stereocenters. The average molecular weight is 430 g/mol. The summed E-state index contributed by atoms with van der Waals surface area (Å²) < 4.78 is 10.5. The molecular formula is C22H24ClN3O4. The Morgan fingerprint density at radius 2 is 1.90 bits per heavy atom. The molecule has 1 saturated heterocycles. The number of nitrogens with one attached hydrogen (secondary N) is 1. The van der Waals surface area contributed by atoms with Crippen molar-refractivity contribution >= 4 is 34.8 Å². The van der Waals surface area contributed by atoms with Crippen molar-refractivity contribution in [2.75, 3.05) is 38.0 Å². The van der Waals surface area contributed by atoms with Crippen LogP contribution < -0.4 is 19.7 Å². The lowest BCUT2D eigenvalue weighted by Gasteiger charge is -2.46. The van der Waals surface area contributed by atoms with Crippen molar-refractivity contribution in [2.24, 2.45) is 0 Å². The van der Waals surface area contributed by atoms with E-state index in [9.17, 15) is 9.59 Å². The summed E-state index contributed by atoms with van der Waals surface area (Å²) in [5.74, 6) is 0.609. The second-order valence-corrected chi connectivity index (χ2v) is 7.87. The molecule has 8 heteroatoms. The fraction of sp³-hybridized carbons (Fsp3) is 0.364. The minimum absolute atomic E-state index is 0.0309. The number of methoxy groups -OCH3 is 2. The van der Waals surface area contributed by atoms with Crippen molar-refractivity contribution in [1.82, 2.24) is 4.90 Å². The zero-order valence-corrected chi connectivity index (χ0v) is 18.0. The maximum absolute atomic E-state index is 12.9. The molecule has 0 aromatic heterocycles. The summed E-state index contributed by atoms with van der Waals surface area (Å²) in [7, 11) is 4.99. The first-order valence-electron chi connectivity index (χ1n) is 9.85. The van der Waals surface area contributed by atoms with Gasteiger partial charge in [0.15, 0.2) is 0 Å². The van der Waals surface area contributed by atoms with Crippen molar-refractivity contribution in [1.29, 1.82) is 0 Å².